The molecule has 192 valence electrons. The summed E-state index contributed by atoms with van der Waals surface area (Å²) in [6.07, 6.45) is 4.24. The van der Waals surface area contributed by atoms with Crippen LogP contribution in [0.1, 0.15) is 56.9 Å². The predicted octanol–water partition coefficient (Wildman–Crippen LogP) is 5.15. The van der Waals surface area contributed by atoms with Crippen molar-refractivity contribution in [2.75, 3.05) is 25.6 Å². The number of benzene rings is 2. The second kappa shape index (κ2) is 10.6. The van der Waals surface area contributed by atoms with Gasteiger partial charge < -0.3 is 19.7 Å². The quantitative estimate of drug-likeness (QED) is 0.566. The van der Waals surface area contributed by atoms with Crippen LogP contribution in [-0.2, 0) is 14.4 Å². The number of nitrogens with zero attached hydrogens (tertiary/aromatic N) is 1. The Hall–Kier alpha value is -3.87. The molecule has 0 saturated heterocycles. The highest BCUT2D eigenvalue weighted by Gasteiger charge is 2.43. The van der Waals surface area contributed by atoms with Gasteiger partial charge in [-0.15, -0.1) is 0 Å². The summed E-state index contributed by atoms with van der Waals surface area (Å²) in [4.78, 5) is 41.7. The first-order chi connectivity index (χ1) is 18.0. The summed E-state index contributed by atoms with van der Waals surface area (Å²) in [5.41, 5.74) is 4.84. The molecule has 1 aliphatic heterocycles. The molecule has 37 heavy (non-hydrogen) atoms. The van der Waals surface area contributed by atoms with Gasteiger partial charge in [0.05, 0.1) is 12.8 Å². The maximum Gasteiger partial charge on any atom is 0.262 e. The normalized spacial score (nSPS) is 17.9. The minimum Gasteiger partial charge on any atom is -0.495 e. The number of rotatable bonds is 7. The number of ketones is 2. The van der Waals surface area contributed by atoms with Crippen molar-refractivity contribution in [1.29, 1.82) is 0 Å². The van der Waals surface area contributed by atoms with Crippen LogP contribution in [0.4, 0.5) is 5.69 Å². The van der Waals surface area contributed by atoms with E-state index in [1.165, 1.54) is 0 Å². The monoisotopic (exact) mass is 500 g/mol. The molecule has 2 aromatic rings. The van der Waals surface area contributed by atoms with Gasteiger partial charge in [-0.3, -0.25) is 14.4 Å². The summed E-state index contributed by atoms with van der Waals surface area (Å²) in [6.45, 7) is 2.58. The molecule has 0 unspecified atom stereocenters. The van der Waals surface area contributed by atoms with E-state index in [9.17, 15) is 14.4 Å². The molecule has 7 nitrogen and oxygen atoms in total. The van der Waals surface area contributed by atoms with E-state index in [1.807, 2.05) is 30.3 Å². The molecule has 1 N–H and O–H groups in total. The maximum atomic E-state index is 13.4. The van der Waals surface area contributed by atoms with Crippen LogP contribution in [0, 0.1) is 0 Å². The fourth-order valence-electron chi connectivity index (χ4n) is 5.84. The molecular weight excluding hydrogens is 468 g/mol. The molecule has 5 rings (SSSR count). The Labute approximate surface area is 217 Å². The number of nitrogens with one attached hydrogen (secondary N) is 1. The number of carbonyl (C=O) groups excluding carboxylic acids is 3. The second-order valence-electron chi connectivity index (χ2n) is 9.53. The average molecular weight is 501 g/mol. The number of methoxy groups -OCH3 is 1. The highest BCUT2D eigenvalue weighted by atomic mass is 16.5. The molecule has 0 atom stereocenters. The first kappa shape index (κ1) is 24.8. The molecule has 2 aliphatic carbocycles. The number of ether oxygens (including phenoxy) is 2. The van der Waals surface area contributed by atoms with E-state index in [0.29, 0.717) is 30.0 Å². The number of hydrogen-bond acceptors (Lipinski definition) is 6. The van der Waals surface area contributed by atoms with E-state index >= 15 is 0 Å². The Morgan fingerprint density at radius 3 is 2.11 bits per heavy atom. The molecule has 1 heterocycles. The van der Waals surface area contributed by atoms with Gasteiger partial charge in [-0.1, -0.05) is 30.3 Å². The van der Waals surface area contributed by atoms with E-state index < -0.39 is 5.92 Å². The van der Waals surface area contributed by atoms with E-state index in [2.05, 4.69) is 17.1 Å². The van der Waals surface area contributed by atoms with Gasteiger partial charge in [0, 0.05) is 53.4 Å². The lowest BCUT2D eigenvalue weighted by Crippen LogP contribution is -2.39. The molecule has 0 aromatic heterocycles. The number of anilines is 1. The van der Waals surface area contributed by atoms with Crippen LogP contribution in [0.15, 0.2) is 71.1 Å². The highest BCUT2D eigenvalue weighted by Crippen LogP contribution is 2.50. The Morgan fingerprint density at radius 2 is 1.49 bits per heavy atom. The summed E-state index contributed by atoms with van der Waals surface area (Å²) in [7, 11) is 1.55. The van der Waals surface area contributed by atoms with Gasteiger partial charge in [0.25, 0.3) is 5.91 Å². The lowest BCUT2D eigenvalue weighted by Gasteiger charge is -2.43. The smallest absolute Gasteiger partial charge is 0.262 e. The zero-order chi connectivity index (χ0) is 25.9. The van der Waals surface area contributed by atoms with Gasteiger partial charge in [0.1, 0.15) is 11.5 Å². The summed E-state index contributed by atoms with van der Waals surface area (Å²) in [5.74, 6) is 0.452. The van der Waals surface area contributed by atoms with Gasteiger partial charge in [0.2, 0.25) is 0 Å². The Morgan fingerprint density at radius 1 is 0.892 bits per heavy atom. The van der Waals surface area contributed by atoms with Crippen LogP contribution in [0.25, 0.3) is 0 Å². The van der Waals surface area contributed by atoms with Crippen LogP contribution in [0.2, 0.25) is 0 Å². The second-order valence-corrected chi connectivity index (χ2v) is 9.53. The number of allylic oxidation sites excluding steroid dienone is 4. The van der Waals surface area contributed by atoms with Crippen molar-refractivity contribution in [2.24, 2.45) is 0 Å². The third kappa shape index (κ3) is 4.66. The maximum absolute atomic E-state index is 13.4. The summed E-state index contributed by atoms with van der Waals surface area (Å²) >= 11 is 0. The molecule has 0 spiro atoms. The first-order valence-electron chi connectivity index (χ1n) is 13.0. The minimum atomic E-state index is -0.470. The number of carbonyl (C=O) groups is 3. The van der Waals surface area contributed by atoms with Crippen molar-refractivity contribution >= 4 is 23.2 Å². The average Bonchev–Trinajstić information content (AvgIpc) is 2.91. The first-order valence-corrected chi connectivity index (χ1v) is 13.0. The number of amides is 1. The van der Waals surface area contributed by atoms with E-state index in [1.54, 1.807) is 25.3 Å². The van der Waals surface area contributed by atoms with Gasteiger partial charge in [-0.2, -0.15) is 0 Å². The van der Waals surface area contributed by atoms with Crippen molar-refractivity contribution in [3.05, 3.63) is 76.6 Å². The number of hydrogen-bond donors (Lipinski definition) is 1. The SMILES string of the molecule is CCN1C2=C(C(=O)CCC2)C(c2ccccc2OCC(=O)Nc2ccccc2OC)C2=C1CCCC2=O. The third-order valence-electron chi connectivity index (χ3n) is 7.37. The lowest BCUT2D eigenvalue weighted by molar-refractivity contribution is -0.119. The molecule has 2 aromatic carbocycles. The van der Waals surface area contributed by atoms with Crippen LogP contribution >= 0.6 is 0 Å². The van der Waals surface area contributed by atoms with Gasteiger partial charge in [-0.05, 0) is 50.8 Å². The molecule has 3 aliphatic rings. The number of Topliss-reactive ketones (excluding diaryl/α,β-unsaturated/α-hetero) is 2. The Bertz CT molecular complexity index is 1260. The molecule has 0 radical (unpaired) electrons. The zero-order valence-electron chi connectivity index (χ0n) is 21.3. The summed E-state index contributed by atoms with van der Waals surface area (Å²) in [6, 6.07) is 14.6. The topological polar surface area (TPSA) is 84.9 Å². The van der Waals surface area contributed by atoms with Gasteiger partial charge in [-0.25, -0.2) is 0 Å². The van der Waals surface area contributed by atoms with Crippen molar-refractivity contribution in [2.45, 2.75) is 51.4 Å². The van der Waals surface area contributed by atoms with Crippen molar-refractivity contribution in [1.82, 2.24) is 4.90 Å². The Balaban J connectivity index is 1.49. The molecule has 1 amide bonds. The van der Waals surface area contributed by atoms with Crippen molar-refractivity contribution in [3.63, 3.8) is 0 Å². The zero-order valence-corrected chi connectivity index (χ0v) is 21.3. The standard InChI is InChI=1S/C30H32N2O5/c1-3-32-21-12-8-14-23(33)29(21)28(30-22(32)13-9-15-24(30)34)19-10-4-6-16-25(19)37-18-27(35)31-20-11-5-7-17-26(20)36-2/h4-7,10-11,16-17,28H,3,8-9,12-15,18H2,1-2H3,(H,31,35). The summed E-state index contributed by atoms with van der Waals surface area (Å²) in [5, 5.41) is 2.83. The predicted molar refractivity (Wildman–Crippen MR) is 140 cm³/mol. The lowest BCUT2D eigenvalue weighted by atomic mass is 9.70. The van der Waals surface area contributed by atoms with E-state index in [4.69, 9.17) is 9.47 Å². The minimum absolute atomic E-state index is 0.0957. The van der Waals surface area contributed by atoms with Gasteiger partial charge >= 0.3 is 0 Å². The Kier molecular flexibility index (Phi) is 7.12. The van der Waals surface area contributed by atoms with Gasteiger partial charge in [0.15, 0.2) is 18.2 Å². The number of para-hydroxylation sites is 3. The van der Waals surface area contributed by atoms with E-state index in [0.717, 1.165) is 60.3 Å². The molecule has 0 bridgehead atoms. The van der Waals surface area contributed by atoms with Crippen LogP contribution in [0.5, 0.6) is 11.5 Å². The molecular formula is C30H32N2O5. The fourth-order valence-corrected chi connectivity index (χ4v) is 5.84. The van der Waals surface area contributed by atoms with E-state index in [-0.39, 0.29) is 24.1 Å². The van der Waals surface area contributed by atoms with Crippen LogP contribution in [-0.4, -0.2) is 42.6 Å². The summed E-state index contributed by atoms with van der Waals surface area (Å²) < 4.78 is 11.4. The van der Waals surface area contributed by atoms with Crippen molar-refractivity contribution < 1.29 is 23.9 Å². The largest absolute Gasteiger partial charge is 0.495 e. The van der Waals surface area contributed by atoms with Crippen molar-refractivity contribution in [3.8, 4) is 11.5 Å². The fraction of sp³-hybridized carbons (Fsp3) is 0.367. The van der Waals surface area contributed by atoms with Crippen LogP contribution in [0.3, 0.4) is 0 Å². The highest BCUT2D eigenvalue weighted by molar-refractivity contribution is 6.06. The third-order valence-corrected chi connectivity index (χ3v) is 7.37. The molecule has 0 fully saturated rings. The van der Waals surface area contributed by atoms with Crippen LogP contribution < -0.4 is 14.8 Å². The molecule has 0 saturated carbocycles. The molecule has 7 heteroatoms.